The van der Waals surface area contributed by atoms with Crippen LogP contribution in [0.25, 0.3) is 0 Å². The molecule has 3 fully saturated rings. The van der Waals surface area contributed by atoms with E-state index >= 15 is 0 Å². The van der Waals surface area contributed by atoms with Gasteiger partial charge in [-0.2, -0.15) is 13.2 Å². The van der Waals surface area contributed by atoms with Crippen LogP contribution in [-0.4, -0.2) is 70.7 Å². The molecule has 7 nitrogen and oxygen atoms in total. The van der Waals surface area contributed by atoms with Crippen molar-refractivity contribution in [2.24, 2.45) is 17.8 Å². The number of benzene rings is 2. The molecule has 2 bridgehead atoms. The minimum Gasteiger partial charge on any atom is -0.483 e. The predicted molar refractivity (Wildman–Crippen MR) is 163 cm³/mol. The Morgan fingerprint density at radius 3 is 2.57 bits per heavy atom. The number of amides is 1. The lowest BCUT2D eigenvalue weighted by Crippen LogP contribution is -2.69. The fourth-order valence-electron chi connectivity index (χ4n) is 8.80. The molecule has 2 saturated carbocycles. The molecule has 1 spiro atoms. The van der Waals surface area contributed by atoms with Gasteiger partial charge < -0.3 is 19.5 Å². The van der Waals surface area contributed by atoms with E-state index in [0.717, 1.165) is 56.5 Å². The van der Waals surface area contributed by atoms with Crippen molar-refractivity contribution in [3.05, 3.63) is 58.7 Å². The van der Waals surface area contributed by atoms with Crippen LogP contribution in [0.4, 0.5) is 13.2 Å². The Morgan fingerprint density at radius 1 is 1.17 bits per heavy atom. The van der Waals surface area contributed by atoms with E-state index in [1.807, 2.05) is 24.8 Å². The molecule has 10 heteroatoms. The van der Waals surface area contributed by atoms with Gasteiger partial charge in [-0.3, -0.25) is 14.5 Å². The van der Waals surface area contributed by atoms with Crippen LogP contribution in [0, 0.1) is 29.6 Å². The highest BCUT2D eigenvalue weighted by Gasteiger charge is 2.67. The van der Waals surface area contributed by atoms with Gasteiger partial charge in [0.1, 0.15) is 6.10 Å². The molecule has 1 N–H and O–H groups in total. The zero-order valence-corrected chi connectivity index (χ0v) is 26.3. The fourth-order valence-corrected chi connectivity index (χ4v) is 8.80. The Labute approximate surface area is 267 Å². The number of ether oxygens (including phenoxy) is 2. The van der Waals surface area contributed by atoms with Gasteiger partial charge in [-0.1, -0.05) is 25.8 Å². The molecular weight excluding hydrogens is 597 g/mol. The highest BCUT2D eigenvalue weighted by atomic mass is 19.4. The average Bonchev–Trinajstić information content (AvgIpc) is 3.58. The van der Waals surface area contributed by atoms with Gasteiger partial charge in [-0.25, -0.2) is 0 Å². The number of carbonyl (C=O) groups is 2. The summed E-state index contributed by atoms with van der Waals surface area (Å²) in [6.07, 6.45) is -0.932. The van der Waals surface area contributed by atoms with Gasteiger partial charge in [-0.05, 0) is 86.4 Å². The lowest BCUT2D eigenvalue weighted by atomic mass is 9.51. The summed E-state index contributed by atoms with van der Waals surface area (Å²) in [5.41, 5.74) is 1.48. The quantitative estimate of drug-likeness (QED) is 0.275. The number of carbonyl (C=O) groups excluding carboxylic acids is 2. The highest BCUT2D eigenvalue weighted by Crippen LogP contribution is 2.64. The van der Waals surface area contributed by atoms with Crippen molar-refractivity contribution in [2.75, 3.05) is 19.6 Å². The molecule has 2 aromatic rings. The maximum atomic E-state index is 13.9. The number of piperidine rings is 1. The molecule has 0 aromatic heterocycles. The van der Waals surface area contributed by atoms with E-state index in [1.54, 1.807) is 0 Å². The topological polar surface area (TPSA) is 79.3 Å². The monoisotopic (exact) mass is 636 g/mol. The van der Waals surface area contributed by atoms with Gasteiger partial charge in [0.15, 0.2) is 11.5 Å². The number of alkyl halides is 3. The Hall–Kier alpha value is -3.55. The van der Waals surface area contributed by atoms with E-state index in [1.165, 1.54) is 24.6 Å². The van der Waals surface area contributed by atoms with Gasteiger partial charge in [0.25, 0.3) is 5.91 Å². The van der Waals surface area contributed by atoms with Crippen LogP contribution in [0.5, 0.6) is 11.5 Å². The fraction of sp³-hybridized carbons (Fsp3) is 0.556. The Kier molecular flexibility index (Phi) is 7.64. The number of hydrogen-bond acceptors (Lipinski definition) is 6. The normalized spacial score (nSPS) is 30.5. The first-order valence-electron chi connectivity index (χ1n) is 16.3. The largest absolute Gasteiger partial charge is 0.483 e. The molecule has 1 amide bonds. The van der Waals surface area contributed by atoms with E-state index < -0.39 is 17.7 Å². The van der Waals surface area contributed by atoms with Crippen molar-refractivity contribution in [2.45, 2.75) is 88.8 Å². The van der Waals surface area contributed by atoms with E-state index in [9.17, 15) is 27.9 Å². The van der Waals surface area contributed by atoms with Crippen LogP contribution in [0.1, 0.15) is 68.7 Å². The summed E-state index contributed by atoms with van der Waals surface area (Å²) in [6, 6.07) is 8.36. The minimum absolute atomic E-state index is 0.133. The molecule has 46 heavy (non-hydrogen) atoms. The Morgan fingerprint density at radius 2 is 1.91 bits per heavy atom. The number of aliphatic hydroxyl groups is 1. The van der Waals surface area contributed by atoms with E-state index in [2.05, 4.69) is 22.8 Å². The first-order valence-corrected chi connectivity index (χ1v) is 16.3. The Balaban J connectivity index is 1.24. The number of nitrogens with zero attached hydrogens (tertiary/aromatic N) is 2. The van der Waals surface area contributed by atoms with E-state index in [0.29, 0.717) is 35.9 Å². The smallest absolute Gasteiger partial charge is 0.416 e. The standard InChI is InChI=1S/C36H39F3N2O5/c1-20(2)18-41(31(44)13-6-22-4-8-25(9-5-22)36(37,38)39)27-11-10-26-28-16-23-7-12-30(45-21(3)42)33-32(23)35(26,34(27)46-33)14-15-40(28)19-24-17-29(24)43/h4-5,7-9,12,20,24,26-29,34,43H,10-11,14-19H2,1-3H3/t24?,26-,27+,28+,29?,34-,35-/m0/s1. The van der Waals surface area contributed by atoms with Crippen molar-refractivity contribution >= 4 is 11.9 Å². The summed E-state index contributed by atoms with van der Waals surface area (Å²) < 4.78 is 51.7. The molecule has 1 saturated heterocycles. The van der Waals surface area contributed by atoms with Gasteiger partial charge >= 0.3 is 12.1 Å². The molecule has 5 aliphatic rings. The third kappa shape index (κ3) is 5.26. The third-order valence-electron chi connectivity index (χ3n) is 10.7. The first-order chi connectivity index (χ1) is 21.9. The van der Waals surface area contributed by atoms with E-state index in [4.69, 9.17) is 9.47 Å². The molecule has 2 unspecified atom stereocenters. The highest BCUT2D eigenvalue weighted by molar-refractivity contribution is 5.94. The van der Waals surface area contributed by atoms with Crippen LogP contribution in [0.2, 0.25) is 0 Å². The lowest BCUT2D eigenvalue weighted by Gasteiger charge is -2.60. The van der Waals surface area contributed by atoms with Crippen molar-refractivity contribution < 1.29 is 37.3 Å². The molecule has 0 radical (unpaired) electrons. The average molecular weight is 637 g/mol. The van der Waals surface area contributed by atoms with Crippen molar-refractivity contribution in [3.8, 4) is 23.3 Å². The number of halogens is 3. The zero-order chi connectivity index (χ0) is 32.5. The van der Waals surface area contributed by atoms with Gasteiger partial charge in [-0.15, -0.1) is 0 Å². The zero-order valence-electron chi connectivity index (χ0n) is 26.3. The summed E-state index contributed by atoms with van der Waals surface area (Å²) in [6.45, 7) is 7.61. The number of likely N-dealkylation sites (tertiary alicyclic amines) is 1. The second-order valence-corrected chi connectivity index (χ2v) is 14.1. The molecular formula is C36H39F3N2O5. The predicted octanol–water partition coefficient (Wildman–Crippen LogP) is 4.96. The SMILES string of the molecule is CC(=O)Oc1ccc2c3c1O[C@H]1[C@H](N(CC(C)C)C(=O)C#Cc4ccc(C(F)(F)F)cc4)CC[C@H]4[C@@H](C2)N(CC2CC2O)CC[C@@]341. The van der Waals surface area contributed by atoms with Gasteiger partial charge in [0, 0.05) is 54.4 Å². The maximum absolute atomic E-state index is 13.9. The summed E-state index contributed by atoms with van der Waals surface area (Å²) in [4.78, 5) is 30.4. The van der Waals surface area contributed by atoms with Crippen LogP contribution in [-0.2, 0) is 27.6 Å². The molecule has 7 atom stereocenters. The van der Waals surface area contributed by atoms with Crippen LogP contribution < -0.4 is 9.47 Å². The van der Waals surface area contributed by atoms with Crippen LogP contribution in [0.15, 0.2) is 36.4 Å². The molecule has 7 rings (SSSR count). The Bertz CT molecular complexity index is 1610. The summed E-state index contributed by atoms with van der Waals surface area (Å²) in [5.74, 6) is 6.43. The van der Waals surface area contributed by atoms with Crippen LogP contribution >= 0.6 is 0 Å². The first kappa shape index (κ1) is 31.1. The second-order valence-electron chi connectivity index (χ2n) is 14.1. The lowest BCUT2D eigenvalue weighted by molar-refractivity contribution is -0.138. The number of aliphatic hydroxyl groups excluding tert-OH is 1. The number of rotatable bonds is 6. The minimum atomic E-state index is -4.45. The van der Waals surface area contributed by atoms with Gasteiger partial charge in [0.2, 0.25) is 0 Å². The molecule has 2 heterocycles. The van der Waals surface area contributed by atoms with Crippen molar-refractivity contribution in [1.82, 2.24) is 9.80 Å². The molecule has 3 aliphatic carbocycles. The van der Waals surface area contributed by atoms with E-state index in [-0.39, 0.29) is 47.4 Å². The molecule has 244 valence electrons. The van der Waals surface area contributed by atoms with Crippen molar-refractivity contribution in [1.29, 1.82) is 0 Å². The van der Waals surface area contributed by atoms with Gasteiger partial charge in [0.05, 0.1) is 17.7 Å². The summed E-state index contributed by atoms with van der Waals surface area (Å²) in [7, 11) is 0. The molecule has 2 aromatic carbocycles. The number of esters is 1. The summed E-state index contributed by atoms with van der Waals surface area (Å²) in [5, 5.41) is 10.1. The second kappa shape index (κ2) is 11.3. The van der Waals surface area contributed by atoms with Crippen LogP contribution in [0.3, 0.4) is 0 Å². The maximum Gasteiger partial charge on any atom is 0.416 e. The summed E-state index contributed by atoms with van der Waals surface area (Å²) >= 11 is 0. The molecule has 2 aliphatic heterocycles. The van der Waals surface area contributed by atoms with Crippen molar-refractivity contribution in [3.63, 3.8) is 0 Å². The third-order valence-corrected chi connectivity index (χ3v) is 10.7. The number of hydrogen-bond donors (Lipinski definition) is 1.